The Bertz CT molecular complexity index is 780. The van der Waals surface area contributed by atoms with Gasteiger partial charge in [-0.15, -0.1) is 10.2 Å². The van der Waals surface area contributed by atoms with Crippen molar-refractivity contribution >= 4 is 28.8 Å². The molecule has 0 aliphatic heterocycles. The molecule has 2 aromatic heterocycles. The summed E-state index contributed by atoms with van der Waals surface area (Å²) in [4.78, 5) is 4.21. The van der Waals surface area contributed by atoms with Crippen LogP contribution in [0.4, 0.5) is 0 Å². The fourth-order valence-electron chi connectivity index (χ4n) is 2.03. The van der Waals surface area contributed by atoms with Gasteiger partial charge in [-0.2, -0.15) is 0 Å². The van der Waals surface area contributed by atoms with E-state index in [1.165, 1.54) is 0 Å². The van der Waals surface area contributed by atoms with Crippen LogP contribution in [0, 0.1) is 13.8 Å². The van der Waals surface area contributed by atoms with Crippen LogP contribution in [0.5, 0.6) is 0 Å². The summed E-state index contributed by atoms with van der Waals surface area (Å²) >= 11 is 12.2. The molecular weight excluding hydrogens is 283 g/mol. The second kappa shape index (κ2) is 4.47. The molecule has 0 saturated carbocycles. The summed E-state index contributed by atoms with van der Waals surface area (Å²) < 4.78 is 1.84. The molecule has 4 nitrogen and oxygen atoms in total. The maximum atomic E-state index is 6.28. The van der Waals surface area contributed by atoms with E-state index in [9.17, 15) is 0 Å². The zero-order chi connectivity index (χ0) is 13.6. The molecule has 0 saturated heterocycles. The number of nitrogens with zero attached hydrogens (tertiary/aromatic N) is 4. The predicted molar refractivity (Wildman–Crippen MR) is 75.7 cm³/mol. The highest BCUT2D eigenvalue weighted by molar-refractivity contribution is 6.33. The molecule has 96 valence electrons. The van der Waals surface area contributed by atoms with Crippen molar-refractivity contribution in [1.29, 1.82) is 0 Å². The first-order valence-electron chi connectivity index (χ1n) is 5.71. The maximum absolute atomic E-state index is 6.28. The van der Waals surface area contributed by atoms with Crippen LogP contribution in [0.15, 0.2) is 24.3 Å². The predicted octanol–water partition coefficient (Wildman–Crippen LogP) is 3.71. The minimum absolute atomic E-state index is 0.402. The van der Waals surface area contributed by atoms with Gasteiger partial charge in [0.1, 0.15) is 11.0 Å². The number of hydrogen-bond acceptors (Lipinski definition) is 3. The third kappa shape index (κ3) is 2.07. The molecule has 3 aromatic rings. The zero-order valence-electron chi connectivity index (χ0n) is 10.4. The summed E-state index contributed by atoms with van der Waals surface area (Å²) in [5.74, 6) is 1.39. The van der Waals surface area contributed by atoms with Crippen LogP contribution in [0.25, 0.3) is 17.0 Å². The van der Waals surface area contributed by atoms with Crippen molar-refractivity contribution in [2.75, 3.05) is 0 Å². The third-order valence-corrected chi connectivity index (χ3v) is 3.40. The Labute approximate surface area is 120 Å². The highest BCUT2D eigenvalue weighted by atomic mass is 35.5. The van der Waals surface area contributed by atoms with Crippen molar-refractivity contribution in [2.24, 2.45) is 0 Å². The molecule has 0 N–H and O–H groups in total. The number of aromatic nitrogens is 4. The number of hydrogen-bond donors (Lipinski definition) is 0. The number of rotatable bonds is 1. The third-order valence-electron chi connectivity index (χ3n) is 2.89. The summed E-state index contributed by atoms with van der Waals surface area (Å²) in [7, 11) is 0. The minimum Gasteiger partial charge on any atom is -0.263 e. The van der Waals surface area contributed by atoms with Crippen molar-refractivity contribution in [3.8, 4) is 11.4 Å². The molecule has 0 aliphatic rings. The van der Waals surface area contributed by atoms with E-state index in [4.69, 9.17) is 23.2 Å². The highest BCUT2D eigenvalue weighted by Gasteiger charge is 2.14. The molecule has 0 amide bonds. The molecular formula is C13H10Cl2N4. The first-order valence-corrected chi connectivity index (χ1v) is 6.46. The molecule has 1 aromatic carbocycles. The number of aryl methyl sites for hydroxylation is 2. The van der Waals surface area contributed by atoms with Gasteiger partial charge >= 0.3 is 0 Å². The number of halogens is 2. The molecule has 0 fully saturated rings. The lowest BCUT2D eigenvalue weighted by atomic mass is 10.1. The molecule has 3 rings (SSSR count). The second-order valence-electron chi connectivity index (χ2n) is 4.33. The molecule has 19 heavy (non-hydrogen) atoms. The van der Waals surface area contributed by atoms with Gasteiger partial charge in [-0.25, -0.2) is 4.98 Å². The van der Waals surface area contributed by atoms with Gasteiger partial charge in [-0.3, -0.25) is 4.40 Å². The highest BCUT2D eigenvalue weighted by Crippen LogP contribution is 2.28. The van der Waals surface area contributed by atoms with E-state index in [0.29, 0.717) is 21.6 Å². The van der Waals surface area contributed by atoms with Gasteiger partial charge in [-0.1, -0.05) is 29.3 Å². The lowest BCUT2D eigenvalue weighted by molar-refractivity contribution is 0.988. The molecule has 0 radical (unpaired) electrons. The fourth-order valence-corrected chi connectivity index (χ4v) is 2.57. The molecule has 0 atom stereocenters. The van der Waals surface area contributed by atoms with Gasteiger partial charge in [0.25, 0.3) is 0 Å². The smallest absolute Gasteiger partial charge is 0.171 e. The summed E-state index contributed by atoms with van der Waals surface area (Å²) in [6, 6.07) is 7.49. The SMILES string of the molecule is Cc1ccc(-c2nnc3cc(Cl)nc(C)n23)c(Cl)c1. The first-order chi connectivity index (χ1) is 9.06. The summed E-state index contributed by atoms with van der Waals surface area (Å²) in [5, 5.41) is 9.34. The van der Waals surface area contributed by atoms with Crippen molar-refractivity contribution in [3.63, 3.8) is 0 Å². The van der Waals surface area contributed by atoms with Crippen LogP contribution >= 0.6 is 23.2 Å². The molecule has 0 spiro atoms. The molecule has 0 aliphatic carbocycles. The first kappa shape index (κ1) is 12.4. The van der Waals surface area contributed by atoms with E-state index in [1.807, 2.05) is 36.4 Å². The van der Waals surface area contributed by atoms with Crippen molar-refractivity contribution in [2.45, 2.75) is 13.8 Å². The van der Waals surface area contributed by atoms with E-state index in [-0.39, 0.29) is 0 Å². The topological polar surface area (TPSA) is 43.1 Å². The Morgan fingerprint density at radius 1 is 1.05 bits per heavy atom. The van der Waals surface area contributed by atoms with Gasteiger partial charge in [0.15, 0.2) is 11.5 Å². The number of fused-ring (bicyclic) bond motifs is 1. The Morgan fingerprint density at radius 3 is 2.58 bits per heavy atom. The van der Waals surface area contributed by atoms with Gasteiger partial charge in [0.2, 0.25) is 0 Å². The maximum Gasteiger partial charge on any atom is 0.171 e. The van der Waals surface area contributed by atoms with E-state index < -0.39 is 0 Å². The fraction of sp³-hybridized carbons (Fsp3) is 0.154. The Kier molecular flexibility index (Phi) is 2.92. The average Bonchev–Trinajstić information content (AvgIpc) is 2.72. The molecule has 6 heteroatoms. The average molecular weight is 293 g/mol. The summed E-state index contributed by atoms with van der Waals surface area (Å²) in [5.41, 5.74) is 2.58. The lowest BCUT2D eigenvalue weighted by Gasteiger charge is -2.06. The van der Waals surface area contributed by atoms with E-state index in [1.54, 1.807) is 6.07 Å². The van der Waals surface area contributed by atoms with Crippen LogP contribution < -0.4 is 0 Å². The Balaban J connectivity index is 2.31. The number of benzene rings is 1. The van der Waals surface area contributed by atoms with Gasteiger partial charge < -0.3 is 0 Å². The van der Waals surface area contributed by atoms with Crippen LogP contribution in [0.1, 0.15) is 11.4 Å². The van der Waals surface area contributed by atoms with E-state index in [2.05, 4.69) is 15.2 Å². The minimum atomic E-state index is 0.402. The monoisotopic (exact) mass is 292 g/mol. The van der Waals surface area contributed by atoms with Crippen LogP contribution in [-0.2, 0) is 0 Å². The van der Waals surface area contributed by atoms with Gasteiger partial charge in [0, 0.05) is 11.6 Å². The Hall–Kier alpha value is -1.65. The molecule has 2 heterocycles. The standard InChI is InChI=1S/C13H10Cl2N4/c1-7-3-4-9(10(14)5-7)13-18-17-12-6-11(15)16-8(2)19(12)13/h3-6H,1-2H3. The van der Waals surface area contributed by atoms with E-state index in [0.717, 1.165) is 17.0 Å². The van der Waals surface area contributed by atoms with Crippen LogP contribution in [0.3, 0.4) is 0 Å². The van der Waals surface area contributed by atoms with Gasteiger partial charge in [0.05, 0.1) is 5.02 Å². The largest absolute Gasteiger partial charge is 0.263 e. The Morgan fingerprint density at radius 2 is 1.84 bits per heavy atom. The second-order valence-corrected chi connectivity index (χ2v) is 5.12. The van der Waals surface area contributed by atoms with Crippen molar-refractivity contribution in [3.05, 3.63) is 45.8 Å². The molecule has 0 bridgehead atoms. The summed E-state index contributed by atoms with van der Waals surface area (Å²) in [6.45, 7) is 3.85. The zero-order valence-corrected chi connectivity index (χ0v) is 11.9. The van der Waals surface area contributed by atoms with E-state index >= 15 is 0 Å². The van der Waals surface area contributed by atoms with Crippen LogP contribution in [0.2, 0.25) is 10.2 Å². The molecule has 0 unspecified atom stereocenters. The van der Waals surface area contributed by atoms with Crippen LogP contribution in [-0.4, -0.2) is 19.6 Å². The quantitative estimate of drug-likeness (QED) is 0.642. The summed E-state index contributed by atoms with van der Waals surface area (Å²) in [6.07, 6.45) is 0. The lowest BCUT2D eigenvalue weighted by Crippen LogP contribution is -1.98. The van der Waals surface area contributed by atoms with Gasteiger partial charge in [-0.05, 0) is 31.5 Å². The normalized spacial score (nSPS) is 11.2. The van der Waals surface area contributed by atoms with Crippen molar-refractivity contribution < 1.29 is 0 Å². The van der Waals surface area contributed by atoms with Crippen molar-refractivity contribution in [1.82, 2.24) is 19.6 Å².